The number of benzene rings is 2. The Kier molecular flexibility index (Phi) is 7.12. The number of carbonyl (C=O) groups is 1. The molecule has 0 radical (unpaired) electrons. The molecule has 2 heterocycles. The molecule has 0 spiro atoms. The normalized spacial score (nSPS) is 15.0. The Morgan fingerprint density at radius 2 is 1.94 bits per heavy atom. The number of nitrogens with zero attached hydrogens (tertiary/aromatic N) is 4. The molecule has 0 unspecified atom stereocenters. The van der Waals surface area contributed by atoms with E-state index in [-0.39, 0.29) is 11.7 Å². The number of halogens is 1. The van der Waals surface area contributed by atoms with Gasteiger partial charge in [0.1, 0.15) is 5.82 Å². The van der Waals surface area contributed by atoms with E-state index in [0.29, 0.717) is 24.3 Å². The van der Waals surface area contributed by atoms with Crippen LogP contribution in [-0.4, -0.2) is 56.7 Å². The van der Waals surface area contributed by atoms with Crippen LogP contribution in [0.1, 0.15) is 24.0 Å². The summed E-state index contributed by atoms with van der Waals surface area (Å²) in [6.07, 6.45) is 1.30. The highest BCUT2D eigenvalue weighted by Gasteiger charge is 2.20. The van der Waals surface area contributed by atoms with E-state index < -0.39 is 0 Å². The first-order valence-corrected chi connectivity index (χ1v) is 11.4. The van der Waals surface area contributed by atoms with Gasteiger partial charge in [-0.25, -0.2) is 4.39 Å². The van der Waals surface area contributed by atoms with Crippen LogP contribution in [0.2, 0.25) is 0 Å². The van der Waals surface area contributed by atoms with Gasteiger partial charge < -0.3 is 4.90 Å². The molecule has 0 atom stereocenters. The summed E-state index contributed by atoms with van der Waals surface area (Å²) >= 11 is 5.41. The minimum absolute atomic E-state index is 0.131. The number of aromatic amines is 1. The van der Waals surface area contributed by atoms with Gasteiger partial charge in [-0.2, -0.15) is 5.10 Å². The number of amides is 1. The lowest BCUT2D eigenvalue weighted by Gasteiger charge is -2.22. The quantitative estimate of drug-likeness (QED) is 0.569. The summed E-state index contributed by atoms with van der Waals surface area (Å²) in [7, 11) is 0. The minimum Gasteiger partial charge on any atom is -0.341 e. The molecule has 1 N–H and O–H groups in total. The van der Waals surface area contributed by atoms with Gasteiger partial charge in [0.15, 0.2) is 10.6 Å². The molecule has 1 aliphatic heterocycles. The van der Waals surface area contributed by atoms with E-state index in [4.69, 9.17) is 12.2 Å². The molecule has 32 heavy (non-hydrogen) atoms. The van der Waals surface area contributed by atoms with Crippen LogP contribution in [0.5, 0.6) is 0 Å². The van der Waals surface area contributed by atoms with Crippen LogP contribution < -0.4 is 0 Å². The second-order valence-corrected chi connectivity index (χ2v) is 8.65. The van der Waals surface area contributed by atoms with E-state index in [1.165, 1.54) is 12.1 Å². The fourth-order valence-electron chi connectivity index (χ4n) is 4.12. The molecule has 1 amide bonds. The van der Waals surface area contributed by atoms with Crippen molar-refractivity contribution in [3.8, 4) is 11.4 Å². The van der Waals surface area contributed by atoms with Gasteiger partial charge in [0.25, 0.3) is 0 Å². The summed E-state index contributed by atoms with van der Waals surface area (Å²) in [5.41, 5.74) is 3.22. The molecule has 1 aliphatic rings. The molecule has 0 saturated carbocycles. The third kappa shape index (κ3) is 5.49. The van der Waals surface area contributed by atoms with Crippen molar-refractivity contribution in [1.82, 2.24) is 24.6 Å². The Bertz CT molecular complexity index is 1120. The number of carbonyl (C=O) groups excluding carboxylic acids is 1. The van der Waals surface area contributed by atoms with Gasteiger partial charge in [-0.15, -0.1) is 0 Å². The standard InChI is InChI=1S/C24H28FN5OS/c1-18-4-2-5-20(16-18)23-26-27-24(32)30(23)13-10-22(31)29-12-3-11-28(14-15-29)17-19-6-8-21(25)9-7-19/h2,4-9,16H,3,10-15,17H2,1H3,(H,27,32). The second-order valence-electron chi connectivity index (χ2n) is 8.26. The Morgan fingerprint density at radius 3 is 2.72 bits per heavy atom. The van der Waals surface area contributed by atoms with Crippen molar-refractivity contribution in [1.29, 1.82) is 0 Å². The third-order valence-electron chi connectivity index (χ3n) is 5.84. The van der Waals surface area contributed by atoms with Gasteiger partial charge in [-0.05, 0) is 49.3 Å². The molecule has 6 nitrogen and oxygen atoms in total. The maximum atomic E-state index is 13.1. The van der Waals surface area contributed by atoms with Gasteiger partial charge in [0.05, 0.1) is 0 Å². The number of aryl methyl sites for hydroxylation is 1. The van der Waals surface area contributed by atoms with Crippen LogP contribution in [0.4, 0.5) is 4.39 Å². The highest BCUT2D eigenvalue weighted by Crippen LogP contribution is 2.19. The van der Waals surface area contributed by atoms with Crippen molar-refractivity contribution in [3.05, 3.63) is 70.2 Å². The fourth-order valence-corrected chi connectivity index (χ4v) is 4.35. The first-order chi connectivity index (χ1) is 15.5. The zero-order valence-corrected chi connectivity index (χ0v) is 19.1. The monoisotopic (exact) mass is 453 g/mol. The van der Waals surface area contributed by atoms with Crippen molar-refractivity contribution in [2.75, 3.05) is 26.2 Å². The first kappa shape index (κ1) is 22.4. The summed E-state index contributed by atoms with van der Waals surface area (Å²) in [4.78, 5) is 17.2. The Labute approximate surface area is 192 Å². The summed E-state index contributed by atoms with van der Waals surface area (Å²) in [6, 6.07) is 14.7. The average molecular weight is 454 g/mol. The summed E-state index contributed by atoms with van der Waals surface area (Å²) in [6.45, 7) is 6.48. The highest BCUT2D eigenvalue weighted by atomic mass is 32.1. The zero-order valence-electron chi connectivity index (χ0n) is 18.3. The molecule has 1 fully saturated rings. The number of aromatic nitrogens is 3. The van der Waals surface area contributed by atoms with E-state index in [9.17, 15) is 9.18 Å². The SMILES string of the molecule is Cc1cccc(-c2n[nH]c(=S)n2CCC(=O)N2CCCN(Cc3ccc(F)cc3)CC2)c1. The lowest BCUT2D eigenvalue weighted by molar-refractivity contribution is -0.131. The molecule has 1 aromatic heterocycles. The molecular formula is C24H28FN5OS. The van der Waals surface area contributed by atoms with Crippen LogP contribution >= 0.6 is 12.2 Å². The molecule has 4 rings (SSSR count). The molecule has 1 saturated heterocycles. The number of rotatable bonds is 6. The minimum atomic E-state index is -0.218. The van der Waals surface area contributed by atoms with Gasteiger partial charge in [0, 0.05) is 51.3 Å². The largest absolute Gasteiger partial charge is 0.341 e. The van der Waals surface area contributed by atoms with Crippen LogP contribution in [-0.2, 0) is 17.9 Å². The van der Waals surface area contributed by atoms with Gasteiger partial charge in [0.2, 0.25) is 5.91 Å². The van der Waals surface area contributed by atoms with Crippen LogP contribution in [0.15, 0.2) is 48.5 Å². The van der Waals surface area contributed by atoms with Crippen molar-refractivity contribution in [3.63, 3.8) is 0 Å². The first-order valence-electron chi connectivity index (χ1n) is 11.0. The molecule has 3 aromatic rings. The van der Waals surface area contributed by atoms with E-state index in [2.05, 4.69) is 21.2 Å². The lowest BCUT2D eigenvalue weighted by atomic mass is 10.1. The van der Waals surface area contributed by atoms with Crippen LogP contribution in [0.25, 0.3) is 11.4 Å². The second kappa shape index (κ2) is 10.2. The predicted octanol–water partition coefficient (Wildman–Crippen LogP) is 4.18. The van der Waals surface area contributed by atoms with E-state index in [0.717, 1.165) is 55.1 Å². The molecule has 2 aromatic carbocycles. The lowest BCUT2D eigenvalue weighted by Crippen LogP contribution is -2.35. The van der Waals surface area contributed by atoms with E-state index >= 15 is 0 Å². The van der Waals surface area contributed by atoms with Gasteiger partial charge >= 0.3 is 0 Å². The van der Waals surface area contributed by atoms with Crippen molar-refractivity contribution < 1.29 is 9.18 Å². The van der Waals surface area contributed by atoms with Crippen LogP contribution in [0.3, 0.4) is 0 Å². The molecule has 168 valence electrons. The average Bonchev–Trinajstić information content (AvgIpc) is 2.99. The molecule has 0 aliphatic carbocycles. The van der Waals surface area contributed by atoms with Crippen molar-refractivity contribution in [2.24, 2.45) is 0 Å². The fraction of sp³-hybridized carbons (Fsp3) is 0.375. The van der Waals surface area contributed by atoms with Crippen molar-refractivity contribution in [2.45, 2.75) is 32.9 Å². The smallest absolute Gasteiger partial charge is 0.224 e. The maximum Gasteiger partial charge on any atom is 0.224 e. The topological polar surface area (TPSA) is 57.2 Å². The van der Waals surface area contributed by atoms with Gasteiger partial charge in [-0.3, -0.25) is 19.4 Å². The van der Waals surface area contributed by atoms with E-state index in [1.807, 2.05) is 46.7 Å². The summed E-state index contributed by atoms with van der Waals surface area (Å²) in [5.74, 6) is 0.671. The summed E-state index contributed by atoms with van der Waals surface area (Å²) < 4.78 is 15.6. The zero-order chi connectivity index (χ0) is 22.5. The summed E-state index contributed by atoms with van der Waals surface area (Å²) in [5, 5.41) is 7.24. The number of nitrogens with one attached hydrogen (secondary N) is 1. The number of H-pyrrole nitrogens is 1. The number of hydrogen-bond acceptors (Lipinski definition) is 4. The molecular weight excluding hydrogens is 425 g/mol. The molecule has 0 bridgehead atoms. The van der Waals surface area contributed by atoms with Crippen LogP contribution in [0, 0.1) is 17.5 Å². The Balaban J connectivity index is 1.34. The highest BCUT2D eigenvalue weighted by molar-refractivity contribution is 7.71. The Morgan fingerprint density at radius 1 is 1.12 bits per heavy atom. The third-order valence-corrected chi connectivity index (χ3v) is 6.16. The van der Waals surface area contributed by atoms with E-state index in [1.54, 1.807) is 0 Å². The predicted molar refractivity (Wildman–Crippen MR) is 125 cm³/mol. The number of hydrogen-bond donors (Lipinski definition) is 1. The van der Waals surface area contributed by atoms with Gasteiger partial charge in [-0.1, -0.05) is 35.9 Å². The maximum absolute atomic E-state index is 13.1. The molecule has 8 heteroatoms. The van der Waals surface area contributed by atoms with Crippen molar-refractivity contribution >= 4 is 18.1 Å². The Hall–Kier alpha value is -2.84.